The first-order valence-electron chi connectivity index (χ1n) is 11.0. The molecule has 2 amide bonds. The zero-order valence-corrected chi connectivity index (χ0v) is 20.9. The summed E-state index contributed by atoms with van der Waals surface area (Å²) in [5, 5.41) is 2.96. The van der Waals surface area contributed by atoms with E-state index >= 15 is 0 Å². The lowest BCUT2D eigenvalue weighted by Gasteiger charge is -2.29. The number of benzene rings is 2. The molecule has 2 aromatic rings. The zero-order valence-electron chi connectivity index (χ0n) is 20.1. The van der Waals surface area contributed by atoms with E-state index in [0.717, 1.165) is 17.1 Å². The van der Waals surface area contributed by atoms with Crippen molar-refractivity contribution < 1.29 is 14.3 Å². The summed E-state index contributed by atoms with van der Waals surface area (Å²) in [6, 6.07) is 13.5. The minimum atomic E-state index is -0.561. The van der Waals surface area contributed by atoms with Crippen LogP contribution >= 0.6 is 11.8 Å². The smallest absolute Gasteiger partial charge is 0.242 e. The molecule has 0 aromatic heterocycles. The zero-order chi connectivity index (χ0) is 23.7. The second-order valence-electron chi connectivity index (χ2n) is 8.68. The molecule has 1 N–H and O–H groups in total. The number of nitrogens with zero attached hydrogens (tertiary/aromatic N) is 1. The monoisotopic (exact) mass is 456 g/mol. The Labute approximate surface area is 196 Å². The largest absolute Gasteiger partial charge is 0.497 e. The molecule has 0 spiro atoms. The number of carbonyl (C=O) groups is 2. The van der Waals surface area contributed by atoms with Gasteiger partial charge < -0.3 is 15.0 Å². The summed E-state index contributed by atoms with van der Waals surface area (Å²) in [6.45, 7) is 11.0. The van der Waals surface area contributed by atoms with Crippen LogP contribution < -0.4 is 10.1 Å². The van der Waals surface area contributed by atoms with Gasteiger partial charge in [-0.2, -0.15) is 0 Å². The summed E-state index contributed by atoms with van der Waals surface area (Å²) in [5.41, 5.74) is 4.59. The van der Waals surface area contributed by atoms with Gasteiger partial charge in [-0.1, -0.05) is 55.3 Å². The fourth-order valence-corrected chi connectivity index (χ4v) is 4.34. The lowest BCUT2D eigenvalue weighted by Crippen LogP contribution is -2.48. The van der Waals surface area contributed by atoms with Crippen LogP contribution in [0.15, 0.2) is 42.5 Å². The maximum atomic E-state index is 13.2. The molecule has 32 heavy (non-hydrogen) atoms. The summed E-state index contributed by atoms with van der Waals surface area (Å²) >= 11 is 1.58. The Balaban J connectivity index is 2.10. The van der Waals surface area contributed by atoms with E-state index in [1.54, 1.807) is 30.7 Å². The van der Waals surface area contributed by atoms with Crippen molar-refractivity contribution in [2.75, 3.05) is 19.4 Å². The molecule has 1 atom stereocenters. The van der Waals surface area contributed by atoms with Crippen molar-refractivity contribution in [2.24, 2.45) is 5.92 Å². The van der Waals surface area contributed by atoms with Gasteiger partial charge in [-0.05, 0) is 49.9 Å². The standard InChI is InChI=1S/C26H36N2O3S/c1-18(2)14-27-26(30)21(5)28(15-22-8-7-9-24(13-22)31-6)25(29)17-32-16-23-11-19(3)10-20(4)12-23/h7-13,18,21H,14-17H2,1-6H3,(H,27,30)/t21-/m0/s1. The predicted molar refractivity (Wildman–Crippen MR) is 133 cm³/mol. The summed E-state index contributed by atoms with van der Waals surface area (Å²) < 4.78 is 5.32. The highest BCUT2D eigenvalue weighted by molar-refractivity contribution is 7.99. The van der Waals surface area contributed by atoms with Gasteiger partial charge in [0.25, 0.3) is 0 Å². The molecular weight excluding hydrogens is 420 g/mol. The van der Waals surface area contributed by atoms with Crippen molar-refractivity contribution in [3.63, 3.8) is 0 Å². The molecule has 2 rings (SSSR count). The molecule has 2 aromatic carbocycles. The molecule has 0 saturated carbocycles. The van der Waals surface area contributed by atoms with Gasteiger partial charge in [-0.3, -0.25) is 9.59 Å². The number of thioether (sulfide) groups is 1. The van der Waals surface area contributed by atoms with E-state index in [9.17, 15) is 9.59 Å². The molecule has 0 unspecified atom stereocenters. The van der Waals surface area contributed by atoms with Gasteiger partial charge in [0.05, 0.1) is 12.9 Å². The normalized spacial score (nSPS) is 11.8. The number of carbonyl (C=O) groups excluding carboxylic acids is 2. The number of aryl methyl sites for hydroxylation is 2. The van der Waals surface area contributed by atoms with Crippen LogP contribution in [0.4, 0.5) is 0 Å². The summed E-state index contributed by atoms with van der Waals surface area (Å²) in [6.07, 6.45) is 0. The third kappa shape index (κ3) is 8.23. The van der Waals surface area contributed by atoms with Crippen LogP contribution in [0.5, 0.6) is 5.75 Å². The number of hydrogen-bond donors (Lipinski definition) is 1. The molecule has 0 bridgehead atoms. The molecule has 174 valence electrons. The Morgan fingerprint density at radius 3 is 2.34 bits per heavy atom. The molecule has 0 heterocycles. The maximum absolute atomic E-state index is 13.2. The third-order valence-corrected chi connectivity index (χ3v) is 6.10. The minimum Gasteiger partial charge on any atom is -0.497 e. The van der Waals surface area contributed by atoms with Crippen molar-refractivity contribution in [2.45, 2.75) is 53.0 Å². The first kappa shape index (κ1) is 25.8. The lowest BCUT2D eigenvalue weighted by atomic mass is 10.1. The summed E-state index contributed by atoms with van der Waals surface area (Å²) in [5.74, 6) is 1.98. The van der Waals surface area contributed by atoms with Crippen LogP contribution in [0.25, 0.3) is 0 Å². The van der Waals surface area contributed by atoms with Gasteiger partial charge in [0.1, 0.15) is 11.8 Å². The SMILES string of the molecule is COc1cccc(CN(C(=O)CSCc2cc(C)cc(C)c2)[C@@H](C)C(=O)NCC(C)C)c1. The summed E-state index contributed by atoms with van der Waals surface area (Å²) in [7, 11) is 1.62. The molecule has 0 saturated heterocycles. The average Bonchev–Trinajstić information content (AvgIpc) is 2.74. The molecule has 5 nitrogen and oxygen atoms in total. The second kappa shape index (κ2) is 12.5. The number of ether oxygens (including phenoxy) is 1. The Morgan fingerprint density at radius 2 is 1.72 bits per heavy atom. The highest BCUT2D eigenvalue weighted by atomic mass is 32.2. The minimum absolute atomic E-state index is 0.0469. The molecule has 6 heteroatoms. The van der Waals surface area contributed by atoms with Crippen LogP contribution in [-0.4, -0.2) is 42.2 Å². The van der Waals surface area contributed by atoms with Gasteiger partial charge in [0, 0.05) is 18.8 Å². The van der Waals surface area contributed by atoms with Crippen molar-refractivity contribution in [1.82, 2.24) is 10.2 Å². The number of amides is 2. The van der Waals surface area contributed by atoms with Gasteiger partial charge in [-0.25, -0.2) is 0 Å². The van der Waals surface area contributed by atoms with Crippen LogP contribution in [0.2, 0.25) is 0 Å². The average molecular weight is 457 g/mol. The Kier molecular flexibility index (Phi) is 10.1. The molecule has 0 aliphatic heterocycles. The van der Waals surface area contributed by atoms with E-state index in [2.05, 4.69) is 37.4 Å². The van der Waals surface area contributed by atoms with Crippen molar-refractivity contribution >= 4 is 23.6 Å². The quantitative estimate of drug-likeness (QED) is 0.531. The number of nitrogens with one attached hydrogen (secondary N) is 1. The third-order valence-electron chi connectivity index (χ3n) is 5.11. The highest BCUT2D eigenvalue weighted by Crippen LogP contribution is 2.19. The summed E-state index contributed by atoms with van der Waals surface area (Å²) in [4.78, 5) is 27.6. The Bertz CT molecular complexity index is 893. The van der Waals surface area contributed by atoms with Gasteiger partial charge in [-0.15, -0.1) is 11.8 Å². The van der Waals surface area contributed by atoms with Gasteiger partial charge in [0.2, 0.25) is 11.8 Å². The van der Waals surface area contributed by atoms with E-state index in [-0.39, 0.29) is 11.8 Å². The van der Waals surface area contributed by atoms with E-state index < -0.39 is 6.04 Å². The highest BCUT2D eigenvalue weighted by Gasteiger charge is 2.26. The number of hydrogen-bond acceptors (Lipinski definition) is 4. The Morgan fingerprint density at radius 1 is 1.03 bits per heavy atom. The first-order valence-corrected chi connectivity index (χ1v) is 12.2. The number of rotatable bonds is 11. The molecule has 0 radical (unpaired) electrons. The van der Waals surface area contributed by atoms with Crippen LogP contribution in [0.3, 0.4) is 0 Å². The molecule has 0 fully saturated rings. The lowest BCUT2D eigenvalue weighted by molar-refractivity contribution is -0.138. The maximum Gasteiger partial charge on any atom is 0.242 e. The van der Waals surface area contributed by atoms with Crippen LogP contribution in [-0.2, 0) is 21.9 Å². The van der Waals surface area contributed by atoms with Gasteiger partial charge in [0.15, 0.2) is 0 Å². The van der Waals surface area contributed by atoms with Crippen molar-refractivity contribution in [3.8, 4) is 5.75 Å². The van der Waals surface area contributed by atoms with Crippen molar-refractivity contribution in [1.29, 1.82) is 0 Å². The fraction of sp³-hybridized carbons (Fsp3) is 0.462. The fourth-order valence-electron chi connectivity index (χ4n) is 3.49. The van der Waals surface area contributed by atoms with E-state index in [0.29, 0.717) is 24.8 Å². The van der Waals surface area contributed by atoms with E-state index in [1.807, 2.05) is 38.1 Å². The van der Waals surface area contributed by atoms with Crippen LogP contribution in [0, 0.1) is 19.8 Å². The topological polar surface area (TPSA) is 58.6 Å². The molecule has 0 aliphatic rings. The number of methoxy groups -OCH3 is 1. The van der Waals surface area contributed by atoms with Crippen molar-refractivity contribution in [3.05, 3.63) is 64.7 Å². The predicted octanol–water partition coefficient (Wildman–Crippen LogP) is 4.73. The van der Waals surface area contributed by atoms with Crippen LogP contribution in [0.1, 0.15) is 43.0 Å². The van der Waals surface area contributed by atoms with Gasteiger partial charge >= 0.3 is 0 Å². The molecule has 0 aliphatic carbocycles. The molecular formula is C26H36N2O3S. The first-order chi connectivity index (χ1) is 15.2. The van der Waals surface area contributed by atoms with E-state index in [4.69, 9.17) is 4.74 Å². The van der Waals surface area contributed by atoms with E-state index in [1.165, 1.54) is 16.7 Å². The second-order valence-corrected chi connectivity index (χ2v) is 9.66. The Hall–Kier alpha value is -2.47.